The van der Waals surface area contributed by atoms with Gasteiger partial charge in [-0.25, -0.2) is 18.1 Å². The number of pyridine rings is 1. The Morgan fingerprint density at radius 3 is 2.46 bits per heavy atom. The van der Waals surface area contributed by atoms with Crippen LogP contribution in [-0.4, -0.2) is 53.0 Å². The van der Waals surface area contributed by atoms with E-state index in [1.54, 1.807) is 24.4 Å². The molecule has 3 aliphatic rings. The maximum atomic E-state index is 13.9. The van der Waals surface area contributed by atoms with Gasteiger partial charge in [0.2, 0.25) is 0 Å². The van der Waals surface area contributed by atoms with Crippen molar-refractivity contribution < 1.29 is 28.0 Å². The highest BCUT2D eigenvalue weighted by atomic mass is 32.2. The molecule has 2 saturated carbocycles. The van der Waals surface area contributed by atoms with Gasteiger partial charge in [-0.1, -0.05) is 42.5 Å². The second-order valence-electron chi connectivity index (χ2n) is 16.9. The number of carbonyl (C=O) groups is 1. The number of nitro benzene ring substituents is 1. The lowest BCUT2D eigenvalue weighted by Gasteiger charge is -2.33. The summed E-state index contributed by atoms with van der Waals surface area (Å²) in [7, 11) is -4.58. The summed E-state index contributed by atoms with van der Waals surface area (Å²) in [5.74, 6) is 0.319. The van der Waals surface area contributed by atoms with Gasteiger partial charge in [0.05, 0.1) is 33.2 Å². The molecule has 2 aliphatic carbocycles. The van der Waals surface area contributed by atoms with E-state index in [1.807, 2.05) is 25.1 Å². The number of aromatic amines is 1. The summed E-state index contributed by atoms with van der Waals surface area (Å²) in [5.41, 5.74) is 5.25. The number of aliphatic hydroxyl groups is 1. The number of sulfonamides is 1. The number of ether oxygens (including phenoxy) is 1. The second kappa shape index (κ2) is 16.3. The maximum Gasteiger partial charge on any atom is 0.293 e. The molecular weight excluding hydrogens is 793 g/mol. The van der Waals surface area contributed by atoms with Crippen LogP contribution in [0.4, 0.5) is 17.1 Å². The highest BCUT2D eigenvalue weighted by Gasteiger charge is 2.33. The molecule has 1 aliphatic heterocycles. The van der Waals surface area contributed by atoms with Crippen LogP contribution in [0.1, 0.15) is 91.7 Å². The average molecular weight is 841 g/mol. The largest absolute Gasteiger partial charge is 0.455 e. The molecule has 13 nitrogen and oxygen atoms in total. The summed E-state index contributed by atoms with van der Waals surface area (Å²) < 4.78 is 35.8. The molecule has 14 heteroatoms. The number of rotatable bonds is 13. The van der Waals surface area contributed by atoms with Crippen LogP contribution in [0.2, 0.25) is 0 Å². The smallest absolute Gasteiger partial charge is 0.293 e. The maximum absolute atomic E-state index is 13.9. The standard InChI is InChI=1S/C47H48N6O7S/c1-47(55)21-18-30(19-22-47)28-49-41-17-15-37(27-43(41)53(56)57)61(58,59)51-46(54)40-16-12-33(26-44(40)60-36-25-34-20-23-48-45(34)50-29-36)31-10-13-35(14-11-31)52-24-4-7-42(52)39-6-3-2-5-38(39)32-8-9-32/h2-3,5-6,10-17,20,23,25-27,29-30,32,42,49,55H,4,7-9,18-19,21-22,24,28H2,1H3,(H,48,50)(H,51,54)/t30?,42-,47?/m1/s1. The van der Waals surface area contributed by atoms with Crippen LogP contribution in [0.15, 0.2) is 114 Å². The van der Waals surface area contributed by atoms with E-state index in [0.717, 1.165) is 60.5 Å². The normalized spacial score (nSPS) is 20.4. The molecule has 2 aromatic heterocycles. The zero-order chi connectivity index (χ0) is 42.3. The van der Waals surface area contributed by atoms with Gasteiger partial charge in [-0.3, -0.25) is 14.9 Å². The molecule has 3 heterocycles. The third-order valence-corrected chi connectivity index (χ3v) is 13.8. The molecule has 3 fully saturated rings. The number of fused-ring (bicyclic) bond motifs is 1. The molecule has 0 radical (unpaired) electrons. The van der Waals surface area contributed by atoms with Crippen molar-refractivity contribution >= 4 is 44.0 Å². The minimum Gasteiger partial charge on any atom is -0.455 e. The number of carbonyl (C=O) groups excluding carboxylic acids is 1. The summed E-state index contributed by atoms with van der Waals surface area (Å²) in [6, 6.07) is 29.5. The minimum absolute atomic E-state index is 0.0633. The molecule has 1 atom stereocenters. The Hall–Kier alpha value is -6.25. The van der Waals surface area contributed by atoms with Crippen molar-refractivity contribution in [3.05, 3.63) is 136 Å². The Morgan fingerprint density at radius 1 is 0.951 bits per heavy atom. The lowest BCUT2D eigenvalue weighted by atomic mass is 9.80. The van der Waals surface area contributed by atoms with E-state index in [-0.39, 0.29) is 22.9 Å². The van der Waals surface area contributed by atoms with E-state index in [1.165, 1.54) is 48.4 Å². The fraction of sp³-hybridized carbons (Fsp3) is 0.319. The number of benzene rings is 4. The number of nitrogens with one attached hydrogen (secondary N) is 3. The van der Waals surface area contributed by atoms with Crippen molar-refractivity contribution in [2.24, 2.45) is 5.92 Å². The van der Waals surface area contributed by atoms with Gasteiger partial charge in [-0.05, 0) is 141 Å². The number of nitro groups is 1. The van der Waals surface area contributed by atoms with Crippen molar-refractivity contribution in [2.75, 3.05) is 23.3 Å². The number of nitrogens with zero attached hydrogens (tertiary/aromatic N) is 3. The first-order chi connectivity index (χ1) is 29.4. The number of amides is 1. The number of anilines is 2. The Labute approximate surface area is 354 Å². The third kappa shape index (κ3) is 8.68. The molecule has 4 N–H and O–H groups in total. The van der Waals surface area contributed by atoms with Gasteiger partial charge < -0.3 is 25.0 Å². The second-order valence-corrected chi connectivity index (χ2v) is 18.6. The van der Waals surface area contributed by atoms with E-state index < -0.39 is 37.0 Å². The van der Waals surface area contributed by atoms with Gasteiger partial charge in [-0.2, -0.15) is 0 Å². The summed E-state index contributed by atoms with van der Waals surface area (Å²) in [6.07, 6.45) is 10.8. The lowest BCUT2D eigenvalue weighted by molar-refractivity contribution is -0.384. The van der Waals surface area contributed by atoms with Crippen LogP contribution in [0.5, 0.6) is 11.5 Å². The van der Waals surface area contributed by atoms with Crippen LogP contribution in [0.25, 0.3) is 22.2 Å². The number of H-pyrrole nitrogens is 1. The van der Waals surface area contributed by atoms with Crippen molar-refractivity contribution in [1.82, 2.24) is 14.7 Å². The van der Waals surface area contributed by atoms with E-state index in [0.29, 0.717) is 42.7 Å². The predicted molar refractivity (Wildman–Crippen MR) is 235 cm³/mol. The molecule has 0 bridgehead atoms. The third-order valence-electron chi connectivity index (χ3n) is 12.5. The topological polar surface area (TPSA) is 180 Å². The summed E-state index contributed by atoms with van der Waals surface area (Å²) >= 11 is 0. The van der Waals surface area contributed by atoms with Gasteiger partial charge in [0.25, 0.3) is 21.6 Å². The monoisotopic (exact) mass is 840 g/mol. The molecule has 314 valence electrons. The van der Waals surface area contributed by atoms with Gasteiger partial charge in [0.1, 0.15) is 22.8 Å². The molecular formula is C47H48N6O7S. The lowest BCUT2D eigenvalue weighted by Crippen LogP contribution is -2.32. The minimum atomic E-state index is -4.58. The Bertz CT molecular complexity index is 2720. The summed E-state index contributed by atoms with van der Waals surface area (Å²) in [4.78, 5) is 34.9. The quantitative estimate of drug-likeness (QED) is 0.0646. The zero-order valence-corrected chi connectivity index (χ0v) is 34.7. The molecule has 1 saturated heterocycles. The van der Waals surface area contributed by atoms with E-state index >= 15 is 0 Å². The van der Waals surface area contributed by atoms with Crippen molar-refractivity contribution in [3.8, 4) is 22.6 Å². The van der Waals surface area contributed by atoms with Crippen LogP contribution in [-0.2, 0) is 10.0 Å². The Kier molecular flexibility index (Phi) is 10.7. The van der Waals surface area contributed by atoms with Gasteiger partial charge in [0.15, 0.2) is 0 Å². The summed E-state index contributed by atoms with van der Waals surface area (Å²) in [6.45, 7) is 3.21. The SMILES string of the molecule is CC1(O)CCC(CNc2ccc(S(=O)(=O)NC(=O)c3ccc(-c4ccc(N5CCC[C@@H]5c5ccccc5C5CC5)cc4)cc3Oc3cnc4[nH]ccc4c3)cc2[N+](=O)[O-])CC1. The number of hydrogen-bond acceptors (Lipinski definition) is 10. The van der Waals surface area contributed by atoms with Crippen molar-refractivity contribution in [1.29, 1.82) is 0 Å². The van der Waals surface area contributed by atoms with Gasteiger partial charge in [-0.15, -0.1) is 0 Å². The fourth-order valence-electron chi connectivity index (χ4n) is 8.87. The van der Waals surface area contributed by atoms with Crippen LogP contribution < -0.4 is 19.7 Å². The first-order valence-electron chi connectivity index (χ1n) is 20.9. The average Bonchev–Trinajstić information content (AvgIpc) is 3.79. The van der Waals surface area contributed by atoms with Crippen molar-refractivity contribution in [2.45, 2.75) is 80.7 Å². The zero-order valence-electron chi connectivity index (χ0n) is 33.8. The molecule has 4 aromatic carbocycles. The fourth-order valence-corrected chi connectivity index (χ4v) is 9.86. The van der Waals surface area contributed by atoms with E-state index in [4.69, 9.17) is 4.74 Å². The molecule has 0 spiro atoms. The molecule has 0 unspecified atom stereocenters. The predicted octanol–water partition coefficient (Wildman–Crippen LogP) is 9.62. The van der Waals surface area contributed by atoms with Crippen LogP contribution in [0, 0.1) is 16.0 Å². The molecule has 61 heavy (non-hydrogen) atoms. The molecule has 6 aromatic rings. The van der Waals surface area contributed by atoms with E-state index in [9.17, 15) is 28.4 Å². The first-order valence-corrected chi connectivity index (χ1v) is 22.4. The first kappa shape index (κ1) is 40.2. The van der Waals surface area contributed by atoms with Crippen molar-refractivity contribution in [3.63, 3.8) is 0 Å². The highest BCUT2D eigenvalue weighted by Crippen LogP contribution is 2.47. The van der Waals surface area contributed by atoms with Crippen LogP contribution in [0.3, 0.4) is 0 Å². The Morgan fingerprint density at radius 2 is 1.70 bits per heavy atom. The Balaban J connectivity index is 0.966. The van der Waals surface area contributed by atoms with Gasteiger partial charge >= 0.3 is 0 Å². The molecule has 1 amide bonds. The number of hydrogen-bond donors (Lipinski definition) is 4. The number of aromatic nitrogens is 2. The van der Waals surface area contributed by atoms with E-state index in [2.05, 4.69) is 61.3 Å². The van der Waals surface area contributed by atoms with Gasteiger partial charge in [0, 0.05) is 36.4 Å². The van der Waals surface area contributed by atoms with Crippen LogP contribution >= 0.6 is 0 Å². The highest BCUT2D eigenvalue weighted by molar-refractivity contribution is 7.90. The summed E-state index contributed by atoms with van der Waals surface area (Å²) in [5, 5.41) is 26.3. The molecule has 9 rings (SSSR count).